The minimum atomic E-state index is -0.864. The molecular formula is C22H34O3. The molecule has 3 fully saturated rings. The van der Waals surface area contributed by atoms with Gasteiger partial charge in [0.05, 0.1) is 6.10 Å². The number of aliphatic carboxylic acids is 1. The summed E-state index contributed by atoms with van der Waals surface area (Å²) in [4.78, 5) is 10.8. The highest BCUT2D eigenvalue weighted by Crippen LogP contribution is 2.66. The van der Waals surface area contributed by atoms with Gasteiger partial charge in [-0.3, -0.25) is 0 Å². The normalized spacial score (nSPS) is 48.9. The molecule has 0 radical (unpaired) electrons. The molecule has 0 bridgehead atoms. The average molecular weight is 347 g/mol. The third-order valence-corrected chi connectivity index (χ3v) is 8.97. The van der Waals surface area contributed by atoms with Gasteiger partial charge in [0.15, 0.2) is 0 Å². The number of carboxylic acids is 1. The Morgan fingerprint density at radius 2 is 1.96 bits per heavy atom. The van der Waals surface area contributed by atoms with E-state index in [1.165, 1.54) is 44.9 Å². The van der Waals surface area contributed by atoms with E-state index in [0.717, 1.165) is 30.1 Å². The third kappa shape index (κ3) is 2.69. The summed E-state index contributed by atoms with van der Waals surface area (Å²) in [7, 11) is 0. The average Bonchev–Trinajstić information content (AvgIpc) is 2.88. The largest absolute Gasteiger partial charge is 0.480 e. The number of fused-ring (bicyclic) bond motifs is 5. The summed E-state index contributed by atoms with van der Waals surface area (Å²) in [6.07, 6.45) is 12.7. The molecule has 25 heavy (non-hydrogen) atoms. The van der Waals surface area contributed by atoms with Crippen LogP contribution < -0.4 is 0 Å². The number of hydrogen-bond donors (Lipinski definition) is 1. The zero-order valence-corrected chi connectivity index (χ0v) is 16.1. The molecule has 3 heteroatoms. The Labute approximate surface area is 152 Å². The second-order valence-corrected chi connectivity index (χ2v) is 9.83. The van der Waals surface area contributed by atoms with Crippen molar-refractivity contribution in [2.75, 3.05) is 6.61 Å². The molecule has 7 atom stereocenters. The van der Waals surface area contributed by atoms with Crippen LogP contribution >= 0.6 is 0 Å². The van der Waals surface area contributed by atoms with Crippen LogP contribution in [0.1, 0.15) is 72.1 Å². The summed E-state index contributed by atoms with van der Waals surface area (Å²) < 4.78 is 5.60. The van der Waals surface area contributed by atoms with Crippen LogP contribution in [0.25, 0.3) is 0 Å². The highest BCUT2D eigenvalue weighted by molar-refractivity contribution is 5.68. The molecule has 0 aromatic carbocycles. The minimum Gasteiger partial charge on any atom is -0.480 e. The van der Waals surface area contributed by atoms with E-state index in [0.29, 0.717) is 10.8 Å². The van der Waals surface area contributed by atoms with Crippen molar-refractivity contribution in [3.05, 3.63) is 11.6 Å². The summed E-state index contributed by atoms with van der Waals surface area (Å²) in [5.74, 6) is 2.69. The Morgan fingerprint density at radius 1 is 1.16 bits per heavy atom. The predicted octanol–water partition coefficient (Wildman–Crippen LogP) is 5.06. The highest BCUT2D eigenvalue weighted by Gasteiger charge is 2.57. The molecule has 3 saturated carbocycles. The van der Waals surface area contributed by atoms with E-state index in [1.54, 1.807) is 5.57 Å². The fourth-order valence-corrected chi connectivity index (χ4v) is 7.27. The van der Waals surface area contributed by atoms with E-state index < -0.39 is 5.97 Å². The van der Waals surface area contributed by atoms with Gasteiger partial charge in [0.2, 0.25) is 0 Å². The lowest BCUT2D eigenvalue weighted by atomic mass is 9.47. The molecule has 4 rings (SSSR count). The fraction of sp³-hybridized carbons (Fsp3) is 0.864. The van der Waals surface area contributed by atoms with Crippen molar-refractivity contribution in [3.8, 4) is 0 Å². The lowest BCUT2D eigenvalue weighted by molar-refractivity contribution is -0.144. The van der Waals surface area contributed by atoms with Crippen LogP contribution in [-0.4, -0.2) is 23.8 Å². The third-order valence-electron chi connectivity index (χ3n) is 8.97. The molecule has 4 aliphatic rings. The van der Waals surface area contributed by atoms with Crippen LogP contribution in [0.5, 0.6) is 0 Å². The van der Waals surface area contributed by atoms with Gasteiger partial charge >= 0.3 is 5.97 Å². The van der Waals surface area contributed by atoms with Crippen molar-refractivity contribution < 1.29 is 14.6 Å². The zero-order chi connectivity index (χ0) is 17.8. The first-order valence-electron chi connectivity index (χ1n) is 10.4. The second kappa shape index (κ2) is 6.11. The Bertz CT molecular complexity index is 582. The SMILES string of the molecule is CC1CCC2C3CCC4=C[C@H](OCC(=O)O)CCC4(C)C3CCC12C. The molecule has 0 heterocycles. The molecule has 6 unspecified atom stereocenters. The van der Waals surface area contributed by atoms with Crippen molar-refractivity contribution in [2.24, 2.45) is 34.5 Å². The van der Waals surface area contributed by atoms with Gasteiger partial charge in [-0.25, -0.2) is 4.79 Å². The van der Waals surface area contributed by atoms with Crippen LogP contribution in [0, 0.1) is 34.5 Å². The van der Waals surface area contributed by atoms with E-state index in [-0.39, 0.29) is 12.7 Å². The number of hydrogen-bond acceptors (Lipinski definition) is 2. The maximum absolute atomic E-state index is 10.8. The Hall–Kier alpha value is -0.830. The lowest BCUT2D eigenvalue weighted by Gasteiger charge is -2.58. The van der Waals surface area contributed by atoms with Crippen molar-refractivity contribution in [2.45, 2.75) is 78.2 Å². The standard InChI is InChI=1S/C22H34O3/c1-14-4-7-18-17-6-5-15-12-16(25-13-20(23)24)8-10-22(15,3)19(17)9-11-21(14,18)2/h12,14,16-19H,4-11,13H2,1-3H3,(H,23,24)/t14?,16-,17?,18?,19?,21?,22?/m1/s1. The number of ether oxygens (including phenoxy) is 1. The Kier molecular flexibility index (Phi) is 4.30. The predicted molar refractivity (Wildman–Crippen MR) is 98.2 cm³/mol. The van der Waals surface area contributed by atoms with Crippen LogP contribution in [0.2, 0.25) is 0 Å². The summed E-state index contributed by atoms with van der Waals surface area (Å²) in [5.41, 5.74) is 2.49. The molecule has 0 spiro atoms. The summed E-state index contributed by atoms with van der Waals surface area (Å²) in [6.45, 7) is 7.40. The van der Waals surface area contributed by atoms with Crippen LogP contribution in [-0.2, 0) is 9.53 Å². The molecule has 0 amide bonds. The number of allylic oxidation sites excluding steroid dienone is 1. The molecule has 0 aliphatic heterocycles. The number of carbonyl (C=O) groups is 1. The first-order chi connectivity index (χ1) is 11.8. The molecule has 0 aromatic heterocycles. The van der Waals surface area contributed by atoms with E-state index in [2.05, 4.69) is 26.8 Å². The molecule has 0 aromatic rings. The van der Waals surface area contributed by atoms with Gasteiger partial charge in [0.25, 0.3) is 0 Å². The summed E-state index contributed by atoms with van der Waals surface area (Å²) >= 11 is 0. The molecule has 140 valence electrons. The van der Waals surface area contributed by atoms with Crippen LogP contribution in [0.3, 0.4) is 0 Å². The number of rotatable bonds is 3. The van der Waals surface area contributed by atoms with E-state index >= 15 is 0 Å². The molecule has 3 nitrogen and oxygen atoms in total. The van der Waals surface area contributed by atoms with Gasteiger partial charge in [-0.2, -0.15) is 0 Å². The summed E-state index contributed by atoms with van der Waals surface area (Å²) in [5, 5.41) is 8.87. The smallest absolute Gasteiger partial charge is 0.329 e. The lowest BCUT2D eigenvalue weighted by Crippen LogP contribution is -2.50. The Morgan fingerprint density at radius 3 is 2.72 bits per heavy atom. The molecular weight excluding hydrogens is 312 g/mol. The molecule has 0 saturated heterocycles. The first-order valence-corrected chi connectivity index (χ1v) is 10.4. The van der Waals surface area contributed by atoms with Crippen molar-refractivity contribution in [1.82, 2.24) is 0 Å². The maximum Gasteiger partial charge on any atom is 0.329 e. The first kappa shape index (κ1) is 17.6. The maximum atomic E-state index is 10.8. The van der Waals surface area contributed by atoms with Gasteiger partial charge in [-0.05, 0) is 85.9 Å². The van der Waals surface area contributed by atoms with E-state index in [9.17, 15) is 4.79 Å². The van der Waals surface area contributed by atoms with E-state index in [1.807, 2.05) is 0 Å². The van der Waals surface area contributed by atoms with Gasteiger partial charge in [-0.1, -0.05) is 32.4 Å². The van der Waals surface area contributed by atoms with Gasteiger partial charge in [-0.15, -0.1) is 0 Å². The highest BCUT2D eigenvalue weighted by atomic mass is 16.5. The second-order valence-electron chi connectivity index (χ2n) is 9.83. The zero-order valence-electron chi connectivity index (χ0n) is 16.1. The van der Waals surface area contributed by atoms with Gasteiger partial charge in [0.1, 0.15) is 6.61 Å². The van der Waals surface area contributed by atoms with Crippen LogP contribution in [0.15, 0.2) is 11.6 Å². The van der Waals surface area contributed by atoms with Crippen molar-refractivity contribution >= 4 is 5.97 Å². The number of carboxylic acid groups (broad SMARTS) is 1. The fourth-order valence-electron chi connectivity index (χ4n) is 7.27. The Balaban J connectivity index is 1.55. The minimum absolute atomic E-state index is 0.0103. The van der Waals surface area contributed by atoms with Gasteiger partial charge in [0, 0.05) is 0 Å². The summed E-state index contributed by atoms with van der Waals surface area (Å²) in [6, 6.07) is 0. The molecule has 1 N–H and O–H groups in total. The molecule has 4 aliphatic carbocycles. The van der Waals surface area contributed by atoms with E-state index in [4.69, 9.17) is 9.84 Å². The quantitative estimate of drug-likeness (QED) is 0.727. The topological polar surface area (TPSA) is 46.5 Å². The van der Waals surface area contributed by atoms with Crippen molar-refractivity contribution in [1.29, 1.82) is 0 Å². The van der Waals surface area contributed by atoms with Gasteiger partial charge < -0.3 is 9.84 Å². The van der Waals surface area contributed by atoms with Crippen LogP contribution in [0.4, 0.5) is 0 Å². The monoisotopic (exact) mass is 346 g/mol. The van der Waals surface area contributed by atoms with Crippen molar-refractivity contribution in [3.63, 3.8) is 0 Å².